The van der Waals surface area contributed by atoms with E-state index in [0.717, 1.165) is 50.6 Å². The van der Waals surface area contributed by atoms with Crippen LogP contribution in [0.5, 0.6) is 0 Å². The topological polar surface area (TPSA) is 55.2 Å². The number of fused-ring (bicyclic) bond motifs is 1. The lowest BCUT2D eigenvalue weighted by atomic mass is 10.0. The van der Waals surface area contributed by atoms with Crippen LogP contribution in [0.3, 0.4) is 0 Å². The van der Waals surface area contributed by atoms with Crippen LogP contribution in [0.1, 0.15) is 76.7 Å². The molecule has 1 aromatic heterocycles. The van der Waals surface area contributed by atoms with Crippen molar-refractivity contribution in [2.75, 3.05) is 6.54 Å². The fraction of sp³-hybridized carbons (Fsp3) is 0.464. The summed E-state index contributed by atoms with van der Waals surface area (Å²) in [7, 11) is 0. The van der Waals surface area contributed by atoms with Gasteiger partial charge in [-0.2, -0.15) is 0 Å². The highest BCUT2D eigenvalue weighted by Crippen LogP contribution is 2.31. The molecular weight excluding hydrogens is 410 g/mol. The minimum atomic E-state index is -0.298. The number of unbranched alkanes of at least 4 members (excludes halogenated alkanes) is 1. The minimum absolute atomic E-state index is 0.0875. The molecule has 174 valence electrons. The van der Waals surface area contributed by atoms with Gasteiger partial charge in [0.05, 0.1) is 22.6 Å². The van der Waals surface area contributed by atoms with Crippen LogP contribution in [0, 0.1) is 5.92 Å². The van der Waals surface area contributed by atoms with Gasteiger partial charge in [-0.05, 0) is 62.4 Å². The zero-order chi connectivity index (χ0) is 23.4. The number of hydrogen-bond donors (Lipinski definition) is 0. The summed E-state index contributed by atoms with van der Waals surface area (Å²) in [5.41, 5.74) is 2.60. The lowest BCUT2D eigenvalue weighted by Crippen LogP contribution is -2.40. The van der Waals surface area contributed by atoms with Gasteiger partial charge < -0.3 is 4.90 Å². The first-order chi connectivity index (χ1) is 16.0. The van der Waals surface area contributed by atoms with Gasteiger partial charge in [0.1, 0.15) is 5.82 Å². The minimum Gasteiger partial charge on any atom is -0.333 e. The van der Waals surface area contributed by atoms with Gasteiger partial charge in [-0.15, -0.1) is 0 Å². The number of carbonyl (C=O) groups excluding carboxylic acids is 1. The molecule has 4 rings (SSSR count). The van der Waals surface area contributed by atoms with E-state index in [2.05, 4.69) is 26.0 Å². The molecule has 5 heteroatoms. The number of para-hydroxylation sites is 1. The average molecular weight is 446 g/mol. The van der Waals surface area contributed by atoms with Crippen molar-refractivity contribution in [1.29, 1.82) is 0 Å². The molecule has 0 N–H and O–H groups in total. The summed E-state index contributed by atoms with van der Waals surface area (Å²) in [6.07, 6.45) is 7.05. The Morgan fingerprint density at radius 3 is 2.45 bits per heavy atom. The Morgan fingerprint density at radius 1 is 1.09 bits per heavy atom. The number of benzene rings is 2. The summed E-state index contributed by atoms with van der Waals surface area (Å²) < 4.78 is 1.72. The van der Waals surface area contributed by atoms with Gasteiger partial charge in [0.15, 0.2) is 0 Å². The highest BCUT2D eigenvalue weighted by atomic mass is 16.2. The van der Waals surface area contributed by atoms with Crippen molar-refractivity contribution in [2.24, 2.45) is 5.92 Å². The predicted molar refractivity (Wildman–Crippen MR) is 134 cm³/mol. The Labute approximate surface area is 196 Å². The lowest BCUT2D eigenvalue weighted by molar-refractivity contribution is -0.137. The maximum Gasteiger partial charge on any atom is 0.266 e. The first kappa shape index (κ1) is 23.2. The number of aromatic nitrogens is 2. The molecule has 3 aromatic rings. The fourth-order valence-electron chi connectivity index (χ4n) is 4.93. The van der Waals surface area contributed by atoms with E-state index in [1.54, 1.807) is 4.57 Å². The van der Waals surface area contributed by atoms with Crippen LogP contribution >= 0.6 is 0 Å². The van der Waals surface area contributed by atoms with Gasteiger partial charge in [-0.1, -0.05) is 57.4 Å². The third-order valence-corrected chi connectivity index (χ3v) is 6.99. The molecule has 1 amide bonds. The maximum absolute atomic E-state index is 13.7. The van der Waals surface area contributed by atoms with Gasteiger partial charge in [-0.25, -0.2) is 4.98 Å². The molecule has 0 radical (unpaired) electrons. The van der Waals surface area contributed by atoms with E-state index in [1.807, 2.05) is 48.2 Å². The van der Waals surface area contributed by atoms with Crippen molar-refractivity contribution >= 4 is 16.8 Å². The number of nitrogens with zero attached hydrogens (tertiary/aromatic N) is 3. The van der Waals surface area contributed by atoms with Crippen molar-refractivity contribution in [2.45, 2.75) is 71.8 Å². The van der Waals surface area contributed by atoms with Crippen molar-refractivity contribution < 1.29 is 4.79 Å². The molecule has 1 aliphatic carbocycles. The molecule has 2 aromatic carbocycles. The molecule has 1 atom stereocenters. The summed E-state index contributed by atoms with van der Waals surface area (Å²) in [6, 6.07) is 15.3. The molecule has 0 bridgehead atoms. The smallest absolute Gasteiger partial charge is 0.266 e. The first-order valence-corrected chi connectivity index (χ1v) is 12.5. The Morgan fingerprint density at radius 2 is 1.79 bits per heavy atom. The fourth-order valence-corrected chi connectivity index (χ4v) is 4.93. The first-order valence-electron chi connectivity index (χ1n) is 12.5. The molecule has 1 aliphatic rings. The number of hydrogen-bond acceptors (Lipinski definition) is 3. The van der Waals surface area contributed by atoms with Gasteiger partial charge >= 0.3 is 0 Å². The van der Waals surface area contributed by atoms with Crippen LogP contribution < -0.4 is 5.56 Å². The normalized spacial score (nSPS) is 15.1. The van der Waals surface area contributed by atoms with Crippen LogP contribution in [0.25, 0.3) is 16.6 Å². The molecule has 33 heavy (non-hydrogen) atoms. The number of rotatable bonds is 8. The molecule has 0 spiro atoms. The summed E-state index contributed by atoms with van der Waals surface area (Å²) in [5, 5.41) is 0.593. The Hall–Kier alpha value is -2.95. The number of aryl methyl sites for hydroxylation is 1. The highest BCUT2D eigenvalue weighted by molar-refractivity contribution is 5.80. The monoisotopic (exact) mass is 445 g/mol. The molecule has 1 saturated carbocycles. The SMILES string of the molecule is CCCCN(C(=O)C1CCCC1)C(C)c1nc2ccccc2c(=O)n1-c1ccc(CC)cc1. The van der Waals surface area contributed by atoms with Crippen LogP contribution in [-0.4, -0.2) is 26.9 Å². The van der Waals surface area contributed by atoms with Gasteiger partial charge in [0.2, 0.25) is 5.91 Å². The molecule has 0 aliphatic heterocycles. The quantitative estimate of drug-likeness (QED) is 0.438. The van der Waals surface area contributed by atoms with E-state index >= 15 is 0 Å². The second kappa shape index (κ2) is 10.3. The third kappa shape index (κ3) is 4.73. The Kier molecular flexibility index (Phi) is 7.26. The van der Waals surface area contributed by atoms with Crippen molar-refractivity contribution in [1.82, 2.24) is 14.5 Å². The van der Waals surface area contributed by atoms with Gasteiger partial charge in [0, 0.05) is 12.5 Å². The zero-order valence-electron chi connectivity index (χ0n) is 20.1. The molecule has 1 heterocycles. The molecule has 5 nitrogen and oxygen atoms in total. The predicted octanol–water partition coefficient (Wildman–Crippen LogP) is 5.83. The molecular formula is C28H35N3O2. The lowest BCUT2D eigenvalue weighted by Gasteiger charge is -2.32. The summed E-state index contributed by atoms with van der Waals surface area (Å²) in [5.74, 6) is 0.933. The Bertz CT molecular complexity index is 1160. The van der Waals surface area contributed by atoms with Crippen molar-refractivity contribution in [3.63, 3.8) is 0 Å². The van der Waals surface area contributed by atoms with E-state index in [1.165, 1.54) is 5.56 Å². The third-order valence-electron chi connectivity index (χ3n) is 6.99. The van der Waals surface area contributed by atoms with Crippen LogP contribution in [0.2, 0.25) is 0 Å². The van der Waals surface area contributed by atoms with Crippen LogP contribution in [-0.2, 0) is 11.2 Å². The van der Waals surface area contributed by atoms with Crippen molar-refractivity contribution in [3.05, 3.63) is 70.3 Å². The van der Waals surface area contributed by atoms with Crippen LogP contribution in [0.15, 0.2) is 53.3 Å². The van der Waals surface area contributed by atoms with E-state index in [9.17, 15) is 9.59 Å². The largest absolute Gasteiger partial charge is 0.333 e. The standard InChI is InChI=1S/C28H35N3O2/c1-4-6-19-30(27(32)22-11-7-8-12-22)20(3)26-29-25-14-10-9-13-24(25)28(33)31(26)23-17-15-21(5-2)16-18-23/h9-10,13-18,20,22H,4-8,11-12,19H2,1-3H3. The van der Waals surface area contributed by atoms with E-state index < -0.39 is 0 Å². The van der Waals surface area contributed by atoms with E-state index in [-0.39, 0.29) is 23.4 Å². The highest BCUT2D eigenvalue weighted by Gasteiger charge is 2.32. The zero-order valence-corrected chi connectivity index (χ0v) is 20.1. The van der Waals surface area contributed by atoms with E-state index in [4.69, 9.17) is 4.98 Å². The number of carbonyl (C=O) groups is 1. The number of amides is 1. The second-order valence-corrected chi connectivity index (χ2v) is 9.19. The molecule has 0 saturated heterocycles. The average Bonchev–Trinajstić information content (AvgIpc) is 3.39. The van der Waals surface area contributed by atoms with Gasteiger partial charge in [-0.3, -0.25) is 14.2 Å². The summed E-state index contributed by atoms with van der Waals surface area (Å²) in [6.45, 7) is 6.97. The van der Waals surface area contributed by atoms with Crippen LogP contribution in [0.4, 0.5) is 0 Å². The second-order valence-electron chi connectivity index (χ2n) is 9.19. The Balaban J connectivity index is 1.85. The van der Waals surface area contributed by atoms with Gasteiger partial charge in [0.25, 0.3) is 5.56 Å². The molecule has 1 fully saturated rings. The maximum atomic E-state index is 13.7. The molecule has 1 unspecified atom stereocenters. The van der Waals surface area contributed by atoms with E-state index in [0.29, 0.717) is 23.3 Å². The van der Waals surface area contributed by atoms with Crippen molar-refractivity contribution in [3.8, 4) is 5.69 Å². The summed E-state index contributed by atoms with van der Waals surface area (Å²) >= 11 is 0. The summed E-state index contributed by atoms with van der Waals surface area (Å²) in [4.78, 5) is 34.2.